The smallest absolute Gasteiger partial charge is 0.250 e. The predicted octanol–water partition coefficient (Wildman–Crippen LogP) is 3.03. The Morgan fingerprint density at radius 2 is 1.83 bits per heavy atom. The molecule has 1 spiro atoms. The molecule has 3 aliphatic rings. The molecular formula is C28H33N3O5. The highest BCUT2D eigenvalue weighted by Crippen LogP contribution is 2.63. The molecule has 0 radical (unpaired) electrons. The number of fused-ring (bicyclic) bond motifs is 1. The number of ether oxygens (including phenoxy) is 1. The van der Waals surface area contributed by atoms with Crippen molar-refractivity contribution in [2.45, 2.75) is 63.8 Å². The molecule has 2 bridgehead atoms. The van der Waals surface area contributed by atoms with Gasteiger partial charge in [0.1, 0.15) is 11.6 Å². The number of carbonyl (C=O) groups is 3. The normalized spacial score (nSPS) is 31.3. The number of aliphatic hydroxyl groups is 1. The first-order chi connectivity index (χ1) is 17.1. The molecular weight excluding hydrogens is 458 g/mol. The summed E-state index contributed by atoms with van der Waals surface area (Å²) in [5.74, 6) is -2.56. The van der Waals surface area contributed by atoms with Gasteiger partial charge in [-0.1, -0.05) is 30.3 Å². The van der Waals surface area contributed by atoms with Gasteiger partial charge in [-0.05, 0) is 69.9 Å². The minimum absolute atomic E-state index is 0.296. The van der Waals surface area contributed by atoms with Gasteiger partial charge in [0.25, 0.3) is 0 Å². The summed E-state index contributed by atoms with van der Waals surface area (Å²) in [7, 11) is 0. The maximum Gasteiger partial charge on any atom is 0.250 e. The lowest BCUT2D eigenvalue weighted by molar-refractivity contribution is -0.146. The Morgan fingerprint density at radius 3 is 2.53 bits per heavy atom. The van der Waals surface area contributed by atoms with Gasteiger partial charge in [-0.15, -0.1) is 0 Å². The SMILES string of the molecule is Cc1ccc(C)c(NC(=O)C2N([C@H](C)CO)C(=O)[C@@H]3[C@@H](C(=O)Nc4ccccc4)[C@@]4(C)CCC23O4)c1. The van der Waals surface area contributed by atoms with Crippen LogP contribution in [0.5, 0.6) is 0 Å². The summed E-state index contributed by atoms with van der Waals surface area (Å²) in [5.41, 5.74) is 1.19. The number of hydrogen-bond acceptors (Lipinski definition) is 5. The molecule has 8 nitrogen and oxygen atoms in total. The van der Waals surface area contributed by atoms with E-state index in [0.29, 0.717) is 24.2 Å². The van der Waals surface area contributed by atoms with Crippen molar-refractivity contribution in [2.24, 2.45) is 11.8 Å². The van der Waals surface area contributed by atoms with E-state index in [9.17, 15) is 19.5 Å². The fourth-order valence-corrected chi connectivity index (χ4v) is 6.44. The second kappa shape index (κ2) is 8.71. The van der Waals surface area contributed by atoms with Crippen molar-refractivity contribution < 1.29 is 24.2 Å². The summed E-state index contributed by atoms with van der Waals surface area (Å²) in [6, 6.07) is 13.3. The van der Waals surface area contributed by atoms with E-state index in [0.717, 1.165) is 11.1 Å². The lowest BCUT2D eigenvalue weighted by atomic mass is 9.66. The number of nitrogens with zero attached hydrogens (tertiary/aromatic N) is 1. The fraction of sp³-hybridized carbons (Fsp3) is 0.464. The van der Waals surface area contributed by atoms with Crippen molar-refractivity contribution in [3.63, 3.8) is 0 Å². The van der Waals surface area contributed by atoms with Crippen LogP contribution in [0.1, 0.15) is 37.8 Å². The maximum absolute atomic E-state index is 13.9. The van der Waals surface area contributed by atoms with Crippen LogP contribution in [0, 0.1) is 25.7 Å². The van der Waals surface area contributed by atoms with Gasteiger partial charge in [-0.3, -0.25) is 14.4 Å². The molecule has 3 heterocycles. The van der Waals surface area contributed by atoms with Crippen molar-refractivity contribution in [1.82, 2.24) is 4.90 Å². The third kappa shape index (κ3) is 3.62. The van der Waals surface area contributed by atoms with E-state index in [4.69, 9.17) is 4.74 Å². The quantitative estimate of drug-likeness (QED) is 0.576. The van der Waals surface area contributed by atoms with E-state index in [1.54, 1.807) is 19.1 Å². The summed E-state index contributed by atoms with van der Waals surface area (Å²) < 4.78 is 6.60. The average molecular weight is 492 g/mol. The van der Waals surface area contributed by atoms with Crippen LogP contribution in [0.4, 0.5) is 11.4 Å². The van der Waals surface area contributed by atoms with Crippen molar-refractivity contribution in [3.05, 3.63) is 59.7 Å². The fourth-order valence-electron chi connectivity index (χ4n) is 6.44. The number of anilines is 2. The Bertz CT molecular complexity index is 1220. The van der Waals surface area contributed by atoms with Crippen molar-refractivity contribution in [1.29, 1.82) is 0 Å². The van der Waals surface area contributed by atoms with Gasteiger partial charge >= 0.3 is 0 Å². The number of benzene rings is 2. The number of rotatable bonds is 6. The van der Waals surface area contributed by atoms with Gasteiger partial charge in [0.05, 0.1) is 30.1 Å². The predicted molar refractivity (Wildman–Crippen MR) is 135 cm³/mol. The monoisotopic (exact) mass is 491 g/mol. The molecule has 2 aromatic rings. The second-order valence-electron chi connectivity index (χ2n) is 10.7. The molecule has 3 N–H and O–H groups in total. The summed E-state index contributed by atoms with van der Waals surface area (Å²) in [5, 5.41) is 15.9. The molecule has 0 aliphatic carbocycles. The van der Waals surface area contributed by atoms with Crippen LogP contribution < -0.4 is 10.6 Å². The summed E-state index contributed by atoms with van der Waals surface area (Å²) in [6.07, 6.45) is 1.03. The van der Waals surface area contributed by atoms with Gasteiger partial charge < -0.3 is 25.4 Å². The minimum Gasteiger partial charge on any atom is -0.394 e. The maximum atomic E-state index is 13.9. The van der Waals surface area contributed by atoms with Crippen LogP contribution in [-0.4, -0.2) is 57.6 Å². The Balaban J connectivity index is 1.53. The van der Waals surface area contributed by atoms with Crippen LogP contribution in [0.25, 0.3) is 0 Å². The molecule has 3 saturated heterocycles. The first-order valence-corrected chi connectivity index (χ1v) is 12.5. The molecule has 0 saturated carbocycles. The molecule has 36 heavy (non-hydrogen) atoms. The van der Waals surface area contributed by atoms with Gasteiger partial charge in [0, 0.05) is 11.4 Å². The van der Waals surface area contributed by atoms with E-state index < -0.39 is 35.1 Å². The number of aryl methyl sites for hydroxylation is 2. The number of nitrogens with one attached hydrogen (secondary N) is 2. The Morgan fingerprint density at radius 1 is 1.11 bits per heavy atom. The Labute approximate surface area is 211 Å². The largest absolute Gasteiger partial charge is 0.394 e. The minimum atomic E-state index is -1.14. The molecule has 6 atom stereocenters. The number of hydrogen-bond donors (Lipinski definition) is 3. The number of amides is 3. The topological polar surface area (TPSA) is 108 Å². The van der Waals surface area contributed by atoms with Gasteiger partial charge in [0.15, 0.2) is 0 Å². The van der Waals surface area contributed by atoms with E-state index in [1.165, 1.54) is 4.90 Å². The number of carbonyl (C=O) groups excluding carboxylic acids is 3. The first kappa shape index (κ1) is 24.5. The molecule has 3 fully saturated rings. The standard InChI is InChI=1S/C28H33N3O5/c1-16-10-11-17(2)20(14-16)30-25(34)23-28-13-12-27(4,36-28)21(22(28)26(35)31(23)18(3)15-32)24(33)29-19-8-6-5-7-9-19/h5-11,14,18,21-23,32H,12-13,15H2,1-4H3,(H,29,33)(H,30,34)/t18-,21+,22+,23?,27-,28?/m1/s1. The van der Waals surface area contributed by atoms with Gasteiger partial charge in [-0.2, -0.15) is 0 Å². The van der Waals surface area contributed by atoms with Crippen molar-refractivity contribution in [3.8, 4) is 0 Å². The van der Waals surface area contributed by atoms with Crippen LogP contribution in [0.2, 0.25) is 0 Å². The molecule has 2 aromatic carbocycles. The molecule has 3 aliphatic heterocycles. The van der Waals surface area contributed by atoms with Gasteiger partial charge in [0.2, 0.25) is 17.7 Å². The Hall–Kier alpha value is -3.23. The Kier molecular flexibility index (Phi) is 5.92. The van der Waals surface area contributed by atoms with Crippen LogP contribution in [-0.2, 0) is 19.1 Å². The summed E-state index contributed by atoms with van der Waals surface area (Å²) >= 11 is 0. The molecule has 5 rings (SSSR count). The highest BCUT2D eigenvalue weighted by molar-refractivity contribution is 6.05. The third-order valence-corrected chi connectivity index (χ3v) is 8.18. The highest BCUT2D eigenvalue weighted by atomic mass is 16.5. The first-order valence-electron chi connectivity index (χ1n) is 12.5. The van der Waals surface area contributed by atoms with E-state index in [-0.39, 0.29) is 24.3 Å². The van der Waals surface area contributed by atoms with E-state index in [1.807, 2.05) is 57.2 Å². The second-order valence-corrected chi connectivity index (χ2v) is 10.7. The molecule has 0 aromatic heterocycles. The lowest BCUT2D eigenvalue weighted by Gasteiger charge is -2.35. The molecule has 8 heteroatoms. The van der Waals surface area contributed by atoms with Crippen molar-refractivity contribution in [2.75, 3.05) is 17.2 Å². The van der Waals surface area contributed by atoms with Crippen LogP contribution in [0.3, 0.4) is 0 Å². The van der Waals surface area contributed by atoms with Crippen LogP contribution >= 0.6 is 0 Å². The van der Waals surface area contributed by atoms with E-state index >= 15 is 0 Å². The lowest BCUT2D eigenvalue weighted by Crippen LogP contribution is -2.55. The zero-order valence-corrected chi connectivity index (χ0v) is 21.1. The average Bonchev–Trinajstić information content (AvgIpc) is 3.42. The van der Waals surface area contributed by atoms with E-state index in [2.05, 4.69) is 10.6 Å². The molecule has 2 unspecified atom stereocenters. The van der Waals surface area contributed by atoms with Crippen molar-refractivity contribution >= 4 is 29.1 Å². The third-order valence-electron chi connectivity index (χ3n) is 8.18. The summed E-state index contributed by atoms with van der Waals surface area (Å²) in [4.78, 5) is 42.9. The zero-order chi connectivity index (χ0) is 25.8. The number of para-hydroxylation sites is 1. The molecule has 190 valence electrons. The summed E-state index contributed by atoms with van der Waals surface area (Å²) in [6.45, 7) is 7.12. The van der Waals surface area contributed by atoms with Gasteiger partial charge in [-0.25, -0.2) is 0 Å². The zero-order valence-electron chi connectivity index (χ0n) is 21.1. The number of likely N-dealkylation sites (tertiary alicyclic amines) is 1. The molecule has 3 amide bonds. The van der Waals surface area contributed by atoms with Crippen LogP contribution in [0.15, 0.2) is 48.5 Å². The highest BCUT2D eigenvalue weighted by Gasteiger charge is 2.78. The number of aliphatic hydroxyl groups excluding tert-OH is 1.